The molecule has 0 unspecified atom stereocenters. The van der Waals surface area contributed by atoms with Crippen molar-refractivity contribution in [3.63, 3.8) is 0 Å². The van der Waals surface area contributed by atoms with Gasteiger partial charge in [-0.1, -0.05) is 32.6 Å². The molecule has 0 amide bonds. The molecule has 0 saturated heterocycles. The zero-order valence-corrected chi connectivity index (χ0v) is 10.8. The van der Waals surface area contributed by atoms with E-state index < -0.39 is 10.0 Å². The Hall–Kier alpha value is -0.130. The third-order valence-corrected chi connectivity index (χ3v) is 4.73. The molecule has 4 nitrogen and oxygen atoms in total. The van der Waals surface area contributed by atoms with Gasteiger partial charge in [0.2, 0.25) is 10.0 Å². The Balaban J connectivity index is 2.16. The topological polar surface area (TPSA) is 66.4 Å². The minimum atomic E-state index is -3.24. The Morgan fingerprint density at radius 1 is 1.25 bits per heavy atom. The summed E-state index contributed by atoms with van der Waals surface area (Å²) in [6, 6.07) is 0. The number of sulfonamides is 1. The molecule has 0 atom stereocenters. The van der Waals surface area contributed by atoms with Gasteiger partial charge < -0.3 is 5.11 Å². The minimum Gasteiger partial charge on any atom is -0.395 e. The molecule has 96 valence electrons. The third kappa shape index (κ3) is 5.27. The van der Waals surface area contributed by atoms with E-state index in [-0.39, 0.29) is 12.4 Å². The van der Waals surface area contributed by atoms with Crippen molar-refractivity contribution in [2.24, 2.45) is 11.8 Å². The van der Waals surface area contributed by atoms with E-state index in [4.69, 9.17) is 5.11 Å². The SMILES string of the molecule is CC1CCC(CCNS(=O)(=O)CCO)CC1. The van der Waals surface area contributed by atoms with Crippen LogP contribution in [0.15, 0.2) is 0 Å². The van der Waals surface area contributed by atoms with E-state index in [2.05, 4.69) is 11.6 Å². The predicted octanol–water partition coefficient (Wildman–Crippen LogP) is 1.11. The van der Waals surface area contributed by atoms with E-state index in [0.717, 1.165) is 12.3 Å². The number of rotatable bonds is 6. The number of aliphatic hydroxyl groups excluding tert-OH is 1. The first-order valence-electron chi connectivity index (χ1n) is 6.11. The molecule has 1 fully saturated rings. The largest absolute Gasteiger partial charge is 0.395 e. The lowest BCUT2D eigenvalue weighted by Crippen LogP contribution is -2.30. The molecule has 0 aromatic heterocycles. The monoisotopic (exact) mass is 249 g/mol. The first kappa shape index (κ1) is 13.9. The highest BCUT2D eigenvalue weighted by molar-refractivity contribution is 7.89. The molecule has 0 bridgehead atoms. The summed E-state index contributed by atoms with van der Waals surface area (Å²) in [5.74, 6) is 1.32. The molecule has 5 heteroatoms. The van der Waals surface area contributed by atoms with Gasteiger partial charge >= 0.3 is 0 Å². The molecule has 2 N–H and O–H groups in total. The van der Waals surface area contributed by atoms with Crippen LogP contribution < -0.4 is 4.72 Å². The Bertz CT molecular complexity index is 282. The first-order chi connectivity index (χ1) is 7.53. The van der Waals surface area contributed by atoms with E-state index >= 15 is 0 Å². The smallest absolute Gasteiger partial charge is 0.213 e. The van der Waals surface area contributed by atoms with Gasteiger partial charge in [0, 0.05) is 6.54 Å². The highest BCUT2D eigenvalue weighted by Gasteiger charge is 2.18. The van der Waals surface area contributed by atoms with Crippen molar-refractivity contribution in [1.82, 2.24) is 4.72 Å². The second-order valence-corrected chi connectivity index (χ2v) is 6.78. The van der Waals surface area contributed by atoms with Crippen LogP contribution in [0.4, 0.5) is 0 Å². The summed E-state index contributed by atoms with van der Waals surface area (Å²) in [5.41, 5.74) is 0. The van der Waals surface area contributed by atoms with Crippen LogP contribution in [0.2, 0.25) is 0 Å². The lowest BCUT2D eigenvalue weighted by Gasteiger charge is -2.26. The van der Waals surface area contributed by atoms with Gasteiger partial charge in [-0.05, 0) is 18.3 Å². The molecular weight excluding hydrogens is 226 g/mol. The van der Waals surface area contributed by atoms with E-state index in [1.807, 2.05) is 0 Å². The molecule has 16 heavy (non-hydrogen) atoms. The third-order valence-electron chi connectivity index (χ3n) is 3.37. The fourth-order valence-corrected chi connectivity index (χ4v) is 3.04. The van der Waals surface area contributed by atoms with Gasteiger partial charge in [0.1, 0.15) is 0 Å². The van der Waals surface area contributed by atoms with Crippen LogP contribution in [-0.2, 0) is 10.0 Å². The zero-order chi connectivity index (χ0) is 12.0. The van der Waals surface area contributed by atoms with E-state index in [1.165, 1.54) is 25.7 Å². The van der Waals surface area contributed by atoms with Gasteiger partial charge in [-0.15, -0.1) is 0 Å². The number of hydrogen-bond donors (Lipinski definition) is 2. The van der Waals surface area contributed by atoms with Crippen LogP contribution in [0, 0.1) is 11.8 Å². The lowest BCUT2D eigenvalue weighted by molar-refractivity contribution is 0.278. The molecule has 1 saturated carbocycles. The highest BCUT2D eigenvalue weighted by Crippen LogP contribution is 2.29. The maximum absolute atomic E-state index is 11.3. The molecule has 1 rings (SSSR count). The maximum Gasteiger partial charge on any atom is 0.213 e. The minimum absolute atomic E-state index is 0.186. The first-order valence-corrected chi connectivity index (χ1v) is 7.77. The fraction of sp³-hybridized carbons (Fsp3) is 1.00. The maximum atomic E-state index is 11.3. The van der Waals surface area contributed by atoms with Crippen molar-refractivity contribution in [1.29, 1.82) is 0 Å². The van der Waals surface area contributed by atoms with Gasteiger partial charge in [0.15, 0.2) is 0 Å². The van der Waals surface area contributed by atoms with E-state index in [1.54, 1.807) is 0 Å². The molecule has 0 aromatic carbocycles. The van der Waals surface area contributed by atoms with Crippen LogP contribution >= 0.6 is 0 Å². The lowest BCUT2D eigenvalue weighted by atomic mass is 9.81. The molecule has 0 aromatic rings. The number of aliphatic hydroxyl groups is 1. The summed E-state index contributed by atoms with van der Waals surface area (Å²) in [5, 5.41) is 8.56. The van der Waals surface area contributed by atoms with Crippen molar-refractivity contribution in [3.8, 4) is 0 Å². The average molecular weight is 249 g/mol. The Morgan fingerprint density at radius 2 is 1.88 bits per heavy atom. The number of nitrogens with one attached hydrogen (secondary N) is 1. The number of hydrogen-bond acceptors (Lipinski definition) is 3. The molecule has 1 aliphatic carbocycles. The average Bonchev–Trinajstić information content (AvgIpc) is 2.20. The van der Waals surface area contributed by atoms with Crippen molar-refractivity contribution in [3.05, 3.63) is 0 Å². The van der Waals surface area contributed by atoms with Gasteiger partial charge in [-0.25, -0.2) is 13.1 Å². The van der Waals surface area contributed by atoms with Crippen LogP contribution in [0.1, 0.15) is 39.0 Å². The van der Waals surface area contributed by atoms with E-state index in [9.17, 15) is 8.42 Å². The van der Waals surface area contributed by atoms with Gasteiger partial charge in [0.25, 0.3) is 0 Å². The summed E-state index contributed by atoms with van der Waals surface area (Å²) in [7, 11) is -3.24. The predicted molar refractivity (Wildman–Crippen MR) is 64.6 cm³/mol. The quantitative estimate of drug-likeness (QED) is 0.741. The van der Waals surface area contributed by atoms with E-state index in [0.29, 0.717) is 12.5 Å². The van der Waals surface area contributed by atoms with Crippen LogP contribution in [0.25, 0.3) is 0 Å². The second kappa shape index (κ2) is 6.57. The molecule has 0 radical (unpaired) electrons. The summed E-state index contributed by atoms with van der Waals surface area (Å²) >= 11 is 0. The molecule has 0 heterocycles. The Labute approximate surface area is 98.5 Å². The standard InChI is InChI=1S/C11H23NO3S/c1-10-2-4-11(5-3-10)6-7-12-16(14,15)9-8-13/h10-13H,2-9H2,1H3. The van der Waals surface area contributed by atoms with Crippen molar-refractivity contribution >= 4 is 10.0 Å². The summed E-state index contributed by atoms with van der Waals surface area (Å²) < 4.78 is 25.0. The summed E-state index contributed by atoms with van der Waals surface area (Å²) in [6.07, 6.45) is 5.92. The molecule has 0 spiro atoms. The molecule has 0 aliphatic heterocycles. The summed E-state index contributed by atoms with van der Waals surface area (Å²) in [6.45, 7) is 2.48. The Morgan fingerprint density at radius 3 is 2.44 bits per heavy atom. The van der Waals surface area contributed by atoms with Crippen LogP contribution in [0.5, 0.6) is 0 Å². The summed E-state index contributed by atoms with van der Waals surface area (Å²) in [4.78, 5) is 0. The zero-order valence-electron chi connectivity index (χ0n) is 9.98. The second-order valence-electron chi connectivity index (χ2n) is 4.85. The fourth-order valence-electron chi connectivity index (χ4n) is 2.23. The van der Waals surface area contributed by atoms with Crippen molar-refractivity contribution in [2.45, 2.75) is 39.0 Å². The van der Waals surface area contributed by atoms with Crippen LogP contribution in [0.3, 0.4) is 0 Å². The van der Waals surface area contributed by atoms with Crippen LogP contribution in [-0.4, -0.2) is 32.4 Å². The van der Waals surface area contributed by atoms with Gasteiger partial charge in [0.05, 0.1) is 12.4 Å². The van der Waals surface area contributed by atoms with Crippen molar-refractivity contribution in [2.75, 3.05) is 18.9 Å². The normalized spacial score (nSPS) is 26.9. The molecule has 1 aliphatic rings. The van der Waals surface area contributed by atoms with Gasteiger partial charge in [-0.3, -0.25) is 0 Å². The molecular formula is C11H23NO3S. The van der Waals surface area contributed by atoms with Crippen molar-refractivity contribution < 1.29 is 13.5 Å². The van der Waals surface area contributed by atoms with Gasteiger partial charge in [-0.2, -0.15) is 0 Å². The Kier molecular flexibility index (Phi) is 5.72. The highest BCUT2D eigenvalue weighted by atomic mass is 32.2.